The van der Waals surface area contributed by atoms with Crippen LogP contribution in [0.5, 0.6) is 0 Å². The average molecular weight is 331 g/mol. The summed E-state index contributed by atoms with van der Waals surface area (Å²) in [4.78, 5) is 13.8. The summed E-state index contributed by atoms with van der Waals surface area (Å²) in [7, 11) is -3.00. The van der Waals surface area contributed by atoms with Crippen molar-refractivity contribution < 1.29 is 13.2 Å². The van der Waals surface area contributed by atoms with Crippen LogP contribution in [0.1, 0.15) is 18.9 Å². The van der Waals surface area contributed by atoms with E-state index in [0.717, 1.165) is 5.56 Å². The molecule has 0 saturated carbocycles. The first-order valence-electron chi connectivity index (χ1n) is 6.91. The first-order chi connectivity index (χ1) is 9.93. The molecule has 1 aromatic rings. The van der Waals surface area contributed by atoms with E-state index in [1.807, 2.05) is 25.1 Å². The van der Waals surface area contributed by atoms with Crippen molar-refractivity contribution in [2.24, 2.45) is 0 Å². The number of carbonyl (C=O) groups is 1. The summed E-state index contributed by atoms with van der Waals surface area (Å²) in [6.45, 7) is 2.66. The number of hydrogen-bond acceptors (Lipinski definition) is 3. The molecule has 2 rings (SSSR count). The van der Waals surface area contributed by atoms with Crippen molar-refractivity contribution in [2.75, 3.05) is 18.1 Å². The predicted octanol–water partition coefficient (Wildman–Crippen LogP) is 2.06. The SMILES string of the molecule is CCN(C(=O)NCc1ccccc1Cl)C1CCS(=O)(=O)C1. The molecule has 1 aromatic carbocycles. The Labute approximate surface area is 130 Å². The van der Waals surface area contributed by atoms with Crippen LogP contribution in [0.15, 0.2) is 24.3 Å². The summed E-state index contributed by atoms with van der Waals surface area (Å²) in [6, 6.07) is 6.82. The Bertz CT molecular complexity index is 618. The number of benzene rings is 1. The third kappa shape index (κ3) is 4.11. The zero-order valence-electron chi connectivity index (χ0n) is 11.9. The maximum atomic E-state index is 12.2. The Morgan fingerprint density at radius 3 is 2.71 bits per heavy atom. The van der Waals surface area contributed by atoms with Gasteiger partial charge in [-0.05, 0) is 25.0 Å². The van der Waals surface area contributed by atoms with Gasteiger partial charge in [0.05, 0.1) is 11.5 Å². The summed E-state index contributed by atoms with van der Waals surface area (Å²) in [5, 5.41) is 3.40. The number of sulfone groups is 1. The van der Waals surface area contributed by atoms with Crippen LogP contribution in [0.4, 0.5) is 4.79 Å². The van der Waals surface area contributed by atoms with Gasteiger partial charge >= 0.3 is 6.03 Å². The molecule has 1 saturated heterocycles. The van der Waals surface area contributed by atoms with Gasteiger partial charge in [0, 0.05) is 24.2 Å². The minimum Gasteiger partial charge on any atom is -0.334 e. The molecule has 1 atom stereocenters. The Kier molecular flexibility index (Phi) is 5.11. The molecule has 0 radical (unpaired) electrons. The Morgan fingerprint density at radius 2 is 2.14 bits per heavy atom. The minimum absolute atomic E-state index is 0.0559. The van der Waals surface area contributed by atoms with Crippen molar-refractivity contribution in [3.05, 3.63) is 34.9 Å². The fourth-order valence-electron chi connectivity index (χ4n) is 2.50. The largest absolute Gasteiger partial charge is 0.334 e. The molecule has 0 aliphatic carbocycles. The second-order valence-electron chi connectivity index (χ2n) is 5.09. The van der Waals surface area contributed by atoms with Gasteiger partial charge in [-0.2, -0.15) is 0 Å². The van der Waals surface area contributed by atoms with Gasteiger partial charge < -0.3 is 10.2 Å². The zero-order valence-corrected chi connectivity index (χ0v) is 13.5. The highest BCUT2D eigenvalue weighted by atomic mass is 35.5. The van der Waals surface area contributed by atoms with E-state index in [2.05, 4.69) is 5.32 Å². The lowest BCUT2D eigenvalue weighted by atomic mass is 10.2. The van der Waals surface area contributed by atoms with Gasteiger partial charge in [0.2, 0.25) is 0 Å². The summed E-state index contributed by atoms with van der Waals surface area (Å²) >= 11 is 6.04. The minimum atomic E-state index is -3.00. The van der Waals surface area contributed by atoms with Gasteiger partial charge in [0.1, 0.15) is 0 Å². The van der Waals surface area contributed by atoms with Crippen LogP contribution in [-0.2, 0) is 16.4 Å². The highest BCUT2D eigenvalue weighted by Gasteiger charge is 2.33. The molecule has 0 spiro atoms. The first kappa shape index (κ1) is 16.1. The summed E-state index contributed by atoms with van der Waals surface area (Å²) in [6.07, 6.45) is 0.510. The molecule has 1 N–H and O–H groups in total. The molecule has 5 nitrogen and oxygen atoms in total. The summed E-state index contributed by atoms with van der Waals surface area (Å²) in [5.41, 5.74) is 0.836. The van der Waals surface area contributed by atoms with E-state index in [-0.39, 0.29) is 23.6 Å². The Hall–Kier alpha value is -1.27. The maximum absolute atomic E-state index is 12.2. The van der Waals surface area contributed by atoms with Gasteiger partial charge in [-0.25, -0.2) is 13.2 Å². The van der Waals surface area contributed by atoms with E-state index in [1.165, 1.54) is 0 Å². The van der Waals surface area contributed by atoms with Crippen LogP contribution in [0.2, 0.25) is 5.02 Å². The molecule has 116 valence electrons. The summed E-state index contributed by atoms with van der Waals surface area (Å²) in [5.74, 6) is 0.215. The highest BCUT2D eigenvalue weighted by Crippen LogP contribution is 2.18. The number of urea groups is 1. The quantitative estimate of drug-likeness (QED) is 0.919. The van der Waals surface area contributed by atoms with Crippen molar-refractivity contribution in [1.29, 1.82) is 0 Å². The monoisotopic (exact) mass is 330 g/mol. The number of halogens is 1. The topological polar surface area (TPSA) is 66.5 Å². The standard InChI is InChI=1S/C14H19ClN2O3S/c1-2-17(12-7-8-21(19,20)10-12)14(18)16-9-11-5-3-4-6-13(11)15/h3-6,12H,2,7-10H2,1H3,(H,16,18). The van der Waals surface area contributed by atoms with E-state index in [9.17, 15) is 13.2 Å². The fourth-order valence-corrected chi connectivity index (χ4v) is 4.44. The van der Waals surface area contributed by atoms with Crippen LogP contribution in [0.25, 0.3) is 0 Å². The van der Waals surface area contributed by atoms with Crippen LogP contribution < -0.4 is 5.32 Å². The molecule has 0 aromatic heterocycles. The van der Waals surface area contributed by atoms with Crippen molar-refractivity contribution in [3.8, 4) is 0 Å². The number of carbonyl (C=O) groups excluding carboxylic acids is 1. The smallest absolute Gasteiger partial charge is 0.317 e. The van der Waals surface area contributed by atoms with Crippen LogP contribution >= 0.6 is 11.6 Å². The molecule has 1 unspecified atom stereocenters. The van der Waals surface area contributed by atoms with Gasteiger partial charge in [-0.1, -0.05) is 29.8 Å². The van der Waals surface area contributed by atoms with E-state index >= 15 is 0 Å². The average Bonchev–Trinajstić information content (AvgIpc) is 2.79. The zero-order chi connectivity index (χ0) is 15.5. The molecular formula is C14H19ClN2O3S. The van der Waals surface area contributed by atoms with Gasteiger partial charge in [-0.15, -0.1) is 0 Å². The lowest BCUT2D eigenvalue weighted by molar-refractivity contribution is 0.183. The molecule has 7 heteroatoms. The number of nitrogens with one attached hydrogen (secondary N) is 1. The lowest BCUT2D eigenvalue weighted by Crippen LogP contribution is -2.46. The molecule has 1 fully saturated rings. The van der Waals surface area contributed by atoms with Crippen molar-refractivity contribution in [2.45, 2.75) is 25.9 Å². The number of nitrogens with zero attached hydrogens (tertiary/aromatic N) is 1. The maximum Gasteiger partial charge on any atom is 0.317 e. The Morgan fingerprint density at radius 1 is 1.43 bits per heavy atom. The molecule has 2 amide bonds. The van der Waals surface area contributed by atoms with E-state index in [0.29, 0.717) is 24.5 Å². The molecule has 1 aliphatic rings. The van der Waals surface area contributed by atoms with Crippen LogP contribution in [0, 0.1) is 0 Å². The van der Waals surface area contributed by atoms with Crippen LogP contribution in [-0.4, -0.2) is 43.4 Å². The highest BCUT2D eigenvalue weighted by molar-refractivity contribution is 7.91. The first-order valence-corrected chi connectivity index (χ1v) is 9.11. The molecule has 0 bridgehead atoms. The van der Waals surface area contributed by atoms with Crippen molar-refractivity contribution >= 4 is 27.5 Å². The Balaban J connectivity index is 1.97. The molecular weight excluding hydrogens is 312 g/mol. The van der Waals surface area contributed by atoms with Gasteiger partial charge in [0.25, 0.3) is 0 Å². The van der Waals surface area contributed by atoms with Gasteiger partial charge in [0.15, 0.2) is 9.84 Å². The third-order valence-corrected chi connectivity index (χ3v) is 5.76. The van der Waals surface area contributed by atoms with Crippen LogP contribution in [0.3, 0.4) is 0 Å². The molecule has 1 heterocycles. The molecule has 21 heavy (non-hydrogen) atoms. The molecule has 1 aliphatic heterocycles. The van der Waals surface area contributed by atoms with E-state index in [4.69, 9.17) is 11.6 Å². The fraction of sp³-hybridized carbons (Fsp3) is 0.500. The predicted molar refractivity (Wildman–Crippen MR) is 83.1 cm³/mol. The van der Waals surface area contributed by atoms with E-state index < -0.39 is 9.84 Å². The second-order valence-corrected chi connectivity index (χ2v) is 7.73. The number of rotatable bonds is 4. The third-order valence-electron chi connectivity index (χ3n) is 3.64. The lowest BCUT2D eigenvalue weighted by Gasteiger charge is -2.27. The second kappa shape index (κ2) is 6.66. The number of hydrogen-bond donors (Lipinski definition) is 1. The number of amides is 2. The van der Waals surface area contributed by atoms with Crippen molar-refractivity contribution in [1.82, 2.24) is 10.2 Å². The normalized spacial score (nSPS) is 20.2. The van der Waals surface area contributed by atoms with E-state index in [1.54, 1.807) is 11.0 Å². The van der Waals surface area contributed by atoms with Crippen molar-refractivity contribution in [3.63, 3.8) is 0 Å². The summed E-state index contributed by atoms with van der Waals surface area (Å²) < 4.78 is 23.1. The van der Waals surface area contributed by atoms with Gasteiger partial charge in [-0.3, -0.25) is 0 Å².